The first-order valence-electron chi connectivity index (χ1n) is 13.6. The Labute approximate surface area is 235 Å². The van der Waals surface area contributed by atoms with Crippen LogP contribution in [0.15, 0.2) is 34.0 Å². The van der Waals surface area contributed by atoms with Crippen LogP contribution in [0.2, 0.25) is 0 Å². The molecule has 0 amide bonds. The number of thioether (sulfide) groups is 1. The van der Waals surface area contributed by atoms with Gasteiger partial charge in [-0.25, -0.2) is 4.79 Å². The first-order chi connectivity index (χ1) is 18.7. The van der Waals surface area contributed by atoms with Gasteiger partial charge in [0.05, 0.1) is 26.2 Å². The Hall–Kier alpha value is -2.87. The topological polar surface area (TPSA) is 80.3 Å². The van der Waals surface area contributed by atoms with Gasteiger partial charge >= 0.3 is 6.16 Å². The Balaban J connectivity index is 1.78. The van der Waals surface area contributed by atoms with Gasteiger partial charge < -0.3 is 23.7 Å². The molecule has 2 aliphatic carbocycles. The zero-order valence-electron chi connectivity index (χ0n) is 24.0. The van der Waals surface area contributed by atoms with E-state index in [9.17, 15) is 9.59 Å². The molecule has 2 aliphatic rings. The highest BCUT2D eigenvalue weighted by molar-refractivity contribution is 7.98. The fraction of sp³-hybridized carbons (Fsp3) is 0.548. The number of hydrogen-bond acceptors (Lipinski definition) is 8. The van der Waals surface area contributed by atoms with Crippen molar-refractivity contribution >= 4 is 17.9 Å². The van der Waals surface area contributed by atoms with Crippen molar-refractivity contribution in [1.82, 2.24) is 0 Å². The van der Waals surface area contributed by atoms with Crippen molar-refractivity contribution in [3.8, 4) is 28.4 Å². The van der Waals surface area contributed by atoms with Gasteiger partial charge in [0, 0.05) is 11.1 Å². The van der Waals surface area contributed by atoms with E-state index in [2.05, 4.69) is 20.8 Å². The molecule has 8 heteroatoms. The lowest BCUT2D eigenvalue weighted by atomic mass is 9.75. The van der Waals surface area contributed by atoms with Crippen LogP contribution in [0.1, 0.15) is 63.7 Å². The molecule has 4 atom stereocenters. The third kappa shape index (κ3) is 6.01. The standard InChI is InChI=1S/C31H40O7S/c1-17(2)20-10-8-18(3)14-25(20)38-31(33)37-24-12-9-19-15-26(34-4)29(35-5)30(36-6)28(19)21-11-13-27(39-7)23(32)16-22(21)24/h11,13,15-18,20,24-25H,8-10,12,14H2,1-7H3/t18-,20+,24+,25-/m1/s1. The van der Waals surface area contributed by atoms with Gasteiger partial charge in [-0.15, -0.1) is 11.8 Å². The van der Waals surface area contributed by atoms with Gasteiger partial charge in [-0.3, -0.25) is 4.79 Å². The summed E-state index contributed by atoms with van der Waals surface area (Å²) in [6, 6.07) is 7.23. The molecule has 1 fully saturated rings. The third-order valence-corrected chi connectivity index (χ3v) is 8.89. The summed E-state index contributed by atoms with van der Waals surface area (Å²) in [6.07, 6.45) is 4.38. The third-order valence-electron chi connectivity index (χ3n) is 8.11. The number of methoxy groups -OCH3 is 3. The van der Waals surface area contributed by atoms with Crippen molar-refractivity contribution in [2.75, 3.05) is 27.6 Å². The van der Waals surface area contributed by atoms with Crippen LogP contribution in [-0.2, 0) is 15.9 Å². The summed E-state index contributed by atoms with van der Waals surface area (Å²) < 4.78 is 29.1. The maximum atomic E-state index is 13.3. The van der Waals surface area contributed by atoms with Gasteiger partial charge in [0.2, 0.25) is 5.75 Å². The second-order valence-electron chi connectivity index (χ2n) is 10.8. The molecule has 0 aromatic heterocycles. The predicted molar refractivity (Wildman–Crippen MR) is 153 cm³/mol. The average Bonchev–Trinajstić information content (AvgIpc) is 3.15. The van der Waals surface area contributed by atoms with Gasteiger partial charge in [-0.05, 0) is 79.0 Å². The van der Waals surface area contributed by atoms with Crippen molar-refractivity contribution < 1.29 is 28.5 Å². The average molecular weight is 557 g/mol. The number of hydrogen-bond donors (Lipinski definition) is 0. The van der Waals surface area contributed by atoms with Gasteiger partial charge in [0.1, 0.15) is 12.2 Å². The highest BCUT2D eigenvalue weighted by Gasteiger charge is 2.36. The summed E-state index contributed by atoms with van der Waals surface area (Å²) in [5, 5.41) is 0. The number of ether oxygens (including phenoxy) is 5. The van der Waals surface area contributed by atoms with Crippen LogP contribution < -0.4 is 19.6 Å². The van der Waals surface area contributed by atoms with Gasteiger partial charge in [0.25, 0.3) is 0 Å². The van der Waals surface area contributed by atoms with Gasteiger partial charge in [-0.2, -0.15) is 0 Å². The SMILES string of the molecule is COc1cc2c(c(OC)c1OC)-c1ccc(SC)c(=O)cc1[C@@H](OC(=O)O[C@@H]1C[C@H](C)CC[C@H]1C(C)C)CC2. The monoisotopic (exact) mass is 556 g/mol. The number of carbonyl (C=O) groups is 1. The number of fused-ring (bicyclic) bond motifs is 3. The van der Waals surface area contributed by atoms with Gasteiger partial charge in [-0.1, -0.05) is 33.3 Å². The van der Waals surface area contributed by atoms with Crippen molar-refractivity contribution in [3.05, 3.63) is 45.6 Å². The lowest BCUT2D eigenvalue weighted by Crippen LogP contribution is -2.36. The zero-order chi connectivity index (χ0) is 28.3. The van der Waals surface area contributed by atoms with E-state index in [1.165, 1.54) is 11.8 Å². The molecule has 1 saturated carbocycles. The minimum atomic E-state index is -0.687. The molecule has 2 aromatic carbocycles. The van der Waals surface area contributed by atoms with Crippen molar-refractivity contribution in [2.45, 2.75) is 70.0 Å². The Morgan fingerprint density at radius 1 is 0.974 bits per heavy atom. The molecule has 2 aromatic rings. The van der Waals surface area contributed by atoms with E-state index in [4.69, 9.17) is 23.7 Å². The quantitative estimate of drug-likeness (QED) is 0.265. The first-order valence-corrected chi connectivity index (χ1v) is 14.9. The molecule has 7 nitrogen and oxygen atoms in total. The highest BCUT2D eigenvalue weighted by atomic mass is 32.2. The molecule has 4 rings (SSSR count). The van der Waals surface area contributed by atoms with E-state index in [0.717, 1.165) is 36.0 Å². The van der Waals surface area contributed by atoms with Crippen LogP contribution in [0, 0.1) is 17.8 Å². The maximum Gasteiger partial charge on any atom is 0.509 e. The molecule has 0 saturated heterocycles. The number of aryl methyl sites for hydroxylation is 1. The first kappa shape index (κ1) is 29.1. The van der Waals surface area contributed by atoms with Crippen LogP contribution >= 0.6 is 11.8 Å². The summed E-state index contributed by atoms with van der Waals surface area (Å²) in [5.74, 6) is 2.74. The minimum absolute atomic E-state index is 0.130. The summed E-state index contributed by atoms with van der Waals surface area (Å²) in [5.41, 5.74) is 3.00. The van der Waals surface area contributed by atoms with E-state index in [1.807, 2.05) is 24.5 Å². The van der Waals surface area contributed by atoms with E-state index in [1.54, 1.807) is 27.4 Å². The summed E-state index contributed by atoms with van der Waals surface area (Å²) in [4.78, 5) is 27.0. The smallest absolute Gasteiger partial charge is 0.493 e. The molecular formula is C31H40O7S. The Morgan fingerprint density at radius 2 is 1.72 bits per heavy atom. The molecule has 0 spiro atoms. The van der Waals surface area contributed by atoms with E-state index < -0.39 is 12.3 Å². The van der Waals surface area contributed by atoms with Gasteiger partial charge in [0.15, 0.2) is 16.9 Å². The summed E-state index contributed by atoms with van der Waals surface area (Å²) >= 11 is 1.38. The molecule has 0 bridgehead atoms. The lowest BCUT2D eigenvalue weighted by molar-refractivity contribution is -0.0467. The number of carbonyl (C=O) groups excluding carboxylic acids is 1. The van der Waals surface area contributed by atoms with Crippen LogP contribution in [0.25, 0.3) is 11.1 Å². The minimum Gasteiger partial charge on any atom is -0.493 e. The number of rotatable bonds is 7. The predicted octanol–water partition coefficient (Wildman–Crippen LogP) is 7.06. The maximum absolute atomic E-state index is 13.3. The van der Waals surface area contributed by atoms with E-state index >= 15 is 0 Å². The highest BCUT2D eigenvalue weighted by Crippen LogP contribution is 2.50. The Bertz CT molecular complexity index is 1260. The Morgan fingerprint density at radius 3 is 2.36 bits per heavy atom. The molecule has 0 heterocycles. The number of benzene rings is 1. The zero-order valence-corrected chi connectivity index (χ0v) is 24.8. The lowest BCUT2D eigenvalue weighted by Gasteiger charge is -2.36. The normalized spacial score (nSPS) is 22.3. The van der Waals surface area contributed by atoms with Crippen LogP contribution in [0.3, 0.4) is 0 Å². The molecular weight excluding hydrogens is 516 g/mol. The summed E-state index contributed by atoms with van der Waals surface area (Å²) in [6.45, 7) is 6.55. The molecule has 0 unspecified atom stereocenters. The Kier molecular flexibility index (Phi) is 9.36. The van der Waals surface area contributed by atoms with Crippen LogP contribution in [0.4, 0.5) is 4.79 Å². The second-order valence-corrected chi connectivity index (χ2v) is 11.7. The van der Waals surface area contributed by atoms with Crippen molar-refractivity contribution in [1.29, 1.82) is 0 Å². The molecule has 0 radical (unpaired) electrons. The molecule has 212 valence electrons. The molecule has 39 heavy (non-hydrogen) atoms. The molecule has 0 aliphatic heterocycles. The fourth-order valence-electron chi connectivity index (χ4n) is 6.07. The largest absolute Gasteiger partial charge is 0.509 e. The van der Waals surface area contributed by atoms with E-state index in [-0.39, 0.29) is 11.5 Å². The second kappa shape index (κ2) is 12.5. The van der Waals surface area contributed by atoms with E-state index in [0.29, 0.717) is 58.3 Å². The van der Waals surface area contributed by atoms with Crippen LogP contribution in [-0.4, -0.2) is 39.8 Å². The van der Waals surface area contributed by atoms with Crippen LogP contribution in [0.5, 0.6) is 17.2 Å². The summed E-state index contributed by atoms with van der Waals surface area (Å²) in [7, 11) is 4.73. The molecule has 0 N–H and O–H groups in total. The fourth-order valence-corrected chi connectivity index (χ4v) is 6.54. The van der Waals surface area contributed by atoms with Crippen molar-refractivity contribution in [3.63, 3.8) is 0 Å². The van der Waals surface area contributed by atoms with Crippen molar-refractivity contribution in [2.24, 2.45) is 17.8 Å².